The number of hydrogen-bond donors (Lipinski definition) is 1. The third-order valence-corrected chi connectivity index (χ3v) is 6.78. The first-order chi connectivity index (χ1) is 12.8. The largest absolute Gasteiger partial charge is 0.550 e. The molecule has 0 aliphatic heterocycles. The van der Waals surface area contributed by atoms with Crippen LogP contribution in [-0.4, -0.2) is 20.4 Å². The van der Waals surface area contributed by atoms with Crippen molar-refractivity contribution in [2.45, 2.75) is 50.0 Å². The number of aryl methyl sites for hydroxylation is 1. The summed E-state index contributed by atoms with van der Waals surface area (Å²) in [6, 6.07) is 9.87. The maximum absolute atomic E-state index is 12.6. The highest BCUT2D eigenvalue weighted by Gasteiger charge is 2.26. The van der Waals surface area contributed by atoms with E-state index in [2.05, 4.69) is 4.72 Å². The maximum atomic E-state index is 12.6. The number of halogens is 1. The van der Waals surface area contributed by atoms with Crippen molar-refractivity contribution in [1.82, 2.24) is 4.72 Å². The topological polar surface area (TPSA) is 86.3 Å². The lowest BCUT2D eigenvalue weighted by Gasteiger charge is -2.28. The average Bonchev–Trinajstić information content (AvgIpc) is 2.61. The highest BCUT2D eigenvalue weighted by Crippen LogP contribution is 2.29. The first-order valence-corrected chi connectivity index (χ1v) is 10.7. The molecule has 144 valence electrons. The van der Waals surface area contributed by atoms with Gasteiger partial charge in [0.15, 0.2) is 0 Å². The molecule has 1 aliphatic rings. The third-order valence-electron chi connectivity index (χ3n) is 5.00. The number of fused-ring (bicyclic) bond motifs is 1. The Bertz CT molecular complexity index is 955. The monoisotopic (exact) mass is 406 g/mol. The van der Waals surface area contributed by atoms with Gasteiger partial charge in [0.05, 0.1) is 4.90 Å². The van der Waals surface area contributed by atoms with Gasteiger partial charge in [0.25, 0.3) is 0 Å². The van der Waals surface area contributed by atoms with Gasteiger partial charge < -0.3 is 9.90 Å². The summed E-state index contributed by atoms with van der Waals surface area (Å²) in [4.78, 5) is 11.0. The van der Waals surface area contributed by atoms with Crippen molar-refractivity contribution in [2.75, 3.05) is 0 Å². The van der Waals surface area contributed by atoms with Gasteiger partial charge in [-0.3, -0.25) is 0 Å². The summed E-state index contributed by atoms with van der Waals surface area (Å²) < 4.78 is 28.0. The number of nitrogens with one attached hydrogen (secondary N) is 1. The van der Waals surface area contributed by atoms with Crippen LogP contribution in [0.15, 0.2) is 41.3 Å². The lowest BCUT2D eigenvalue weighted by molar-refractivity contribution is -0.305. The second kappa shape index (κ2) is 8.00. The Morgan fingerprint density at radius 2 is 1.93 bits per heavy atom. The van der Waals surface area contributed by atoms with Crippen LogP contribution < -0.4 is 9.83 Å². The van der Waals surface area contributed by atoms with Gasteiger partial charge >= 0.3 is 0 Å². The summed E-state index contributed by atoms with van der Waals surface area (Å²) in [5.41, 5.74) is 4.34. The summed E-state index contributed by atoms with van der Waals surface area (Å²) in [5, 5.41) is 11.3. The Hall–Kier alpha value is -1.89. The zero-order valence-electron chi connectivity index (χ0n) is 15.0. The zero-order chi connectivity index (χ0) is 19.6. The highest BCUT2D eigenvalue weighted by molar-refractivity contribution is 7.89. The van der Waals surface area contributed by atoms with Crippen LogP contribution in [0.2, 0.25) is 5.02 Å². The van der Waals surface area contributed by atoms with Crippen LogP contribution in [0.4, 0.5) is 0 Å². The zero-order valence-corrected chi connectivity index (χ0v) is 16.6. The molecule has 0 spiro atoms. The second-order valence-electron chi connectivity index (χ2n) is 6.89. The molecule has 27 heavy (non-hydrogen) atoms. The highest BCUT2D eigenvalue weighted by atomic mass is 35.5. The molecular weight excluding hydrogens is 386 g/mol. The standard InChI is InChI=1S/C20H22ClNO4S/c1-13-2-3-14-12-16(6-9-19(14)18(13)10-11-20(23)24)22-27(25,26)17-7-4-15(21)5-8-17/h2-5,7-8,16,22H,6,9-12H2,1H3,(H,23,24)/p-1. The minimum absolute atomic E-state index is 0.0100. The van der Waals surface area contributed by atoms with E-state index >= 15 is 0 Å². The normalized spacial score (nSPS) is 16.7. The Kier molecular flexibility index (Phi) is 5.89. The number of carboxylic acids is 1. The van der Waals surface area contributed by atoms with E-state index in [0.717, 1.165) is 22.3 Å². The Balaban J connectivity index is 1.77. The van der Waals surface area contributed by atoms with Gasteiger partial charge in [-0.2, -0.15) is 0 Å². The number of carbonyl (C=O) groups excluding carboxylic acids is 1. The van der Waals surface area contributed by atoms with Crippen LogP contribution in [0.3, 0.4) is 0 Å². The van der Waals surface area contributed by atoms with E-state index in [1.54, 1.807) is 12.1 Å². The molecule has 2 aromatic carbocycles. The molecule has 1 atom stereocenters. The fraction of sp³-hybridized carbons (Fsp3) is 0.350. The molecule has 0 amide bonds. The van der Waals surface area contributed by atoms with Crippen LogP contribution in [0.25, 0.3) is 0 Å². The van der Waals surface area contributed by atoms with Crippen molar-refractivity contribution in [2.24, 2.45) is 0 Å². The number of rotatable bonds is 6. The predicted octanol–water partition coefficient (Wildman–Crippen LogP) is 2.17. The Morgan fingerprint density at radius 3 is 2.59 bits per heavy atom. The van der Waals surface area contributed by atoms with Gasteiger partial charge in [0.1, 0.15) is 0 Å². The van der Waals surface area contributed by atoms with Gasteiger partial charge in [0.2, 0.25) is 10.0 Å². The molecule has 0 aromatic heterocycles. The van der Waals surface area contributed by atoms with E-state index in [0.29, 0.717) is 30.7 Å². The minimum atomic E-state index is -3.61. The summed E-state index contributed by atoms with van der Waals surface area (Å²) in [6.07, 6.45) is 2.40. The Morgan fingerprint density at radius 1 is 1.22 bits per heavy atom. The van der Waals surface area contributed by atoms with Crippen LogP contribution in [-0.2, 0) is 34.1 Å². The fourth-order valence-corrected chi connectivity index (χ4v) is 5.02. The van der Waals surface area contributed by atoms with E-state index < -0.39 is 16.0 Å². The molecule has 0 saturated heterocycles. The van der Waals surface area contributed by atoms with Crippen molar-refractivity contribution < 1.29 is 18.3 Å². The van der Waals surface area contributed by atoms with Crippen molar-refractivity contribution >= 4 is 27.6 Å². The van der Waals surface area contributed by atoms with E-state index in [1.165, 1.54) is 12.1 Å². The molecule has 0 saturated carbocycles. The van der Waals surface area contributed by atoms with Crippen LogP contribution in [0.5, 0.6) is 0 Å². The van der Waals surface area contributed by atoms with Crippen molar-refractivity contribution in [3.63, 3.8) is 0 Å². The first kappa shape index (κ1) is 19.9. The van der Waals surface area contributed by atoms with E-state index in [-0.39, 0.29) is 17.4 Å². The molecule has 0 fully saturated rings. The van der Waals surface area contributed by atoms with Crippen LogP contribution in [0.1, 0.15) is 35.1 Å². The summed E-state index contributed by atoms with van der Waals surface area (Å²) in [5.74, 6) is -1.06. The molecule has 1 unspecified atom stereocenters. The van der Waals surface area contributed by atoms with E-state index in [1.807, 2.05) is 19.1 Å². The van der Waals surface area contributed by atoms with Gasteiger partial charge in [-0.1, -0.05) is 23.7 Å². The van der Waals surface area contributed by atoms with Gasteiger partial charge in [-0.25, -0.2) is 13.1 Å². The predicted molar refractivity (Wildman–Crippen MR) is 102 cm³/mol. The summed E-state index contributed by atoms with van der Waals surface area (Å²) >= 11 is 5.83. The lowest BCUT2D eigenvalue weighted by Crippen LogP contribution is -2.39. The number of sulfonamides is 1. The second-order valence-corrected chi connectivity index (χ2v) is 9.04. The molecule has 0 radical (unpaired) electrons. The number of aliphatic carboxylic acids is 1. The van der Waals surface area contributed by atoms with Gasteiger partial charge in [-0.05, 0) is 85.5 Å². The number of hydrogen-bond acceptors (Lipinski definition) is 4. The maximum Gasteiger partial charge on any atom is 0.240 e. The summed E-state index contributed by atoms with van der Waals surface area (Å²) in [7, 11) is -3.61. The van der Waals surface area contributed by atoms with E-state index in [4.69, 9.17) is 11.6 Å². The molecular formula is C20H21ClNO4S-. The number of carbonyl (C=O) groups is 1. The number of benzene rings is 2. The van der Waals surface area contributed by atoms with Crippen LogP contribution >= 0.6 is 11.6 Å². The van der Waals surface area contributed by atoms with Crippen molar-refractivity contribution in [1.29, 1.82) is 0 Å². The van der Waals surface area contributed by atoms with Crippen LogP contribution in [0, 0.1) is 6.92 Å². The minimum Gasteiger partial charge on any atom is -0.550 e. The van der Waals surface area contributed by atoms with Crippen molar-refractivity contribution in [3.8, 4) is 0 Å². The summed E-state index contributed by atoms with van der Waals surface area (Å²) in [6.45, 7) is 1.97. The number of carboxylic acid groups (broad SMARTS) is 1. The molecule has 5 nitrogen and oxygen atoms in total. The first-order valence-electron chi connectivity index (χ1n) is 8.84. The quantitative estimate of drug-likeness (QED) is 0.796. The molecule has 1 N–H and O–H groups in total. The van der Waals surface area contributed by atoms with Gasteiger partial charge in [-0.15, -0.1) is 0 Å². The fourth-order valence-electron chi connectivity index (χ4n) is 3.62. The lowest BCUT2D eigenvalue weighted by atomic mass is 9.83. The molecule has 2 aromatic rings. The molecule has 0 heterocycles. The van der Waals surface area contributed by atoms with Crippen molar-refractivity contribution in [3.05, 3.63) is 63.7 Å². The molecule has 1 aliphatic carbocycles. The average molecular weight is 407 g/mol. The molecule has 7 heteroatoms. The SMILES string of the molecule is Cc1ccc2c(c1CCC(=O)[O-])CCC(NS(=O)(=O)c1ccc(Cl)cc1)C2. The smallest absolute Gasteiger partial charge is 0.240 e. The van der Waals surface area contributed by atoms with Gasteiger partial charge in [0, 0.05) is 17.0 Å². The Labute approximate surface area is 164 Å². The van der Waals surface area contributed by atoms with E-state index in [9.17, 15) is 18.3 Å². The third kappa shape index (κ3) is 4.69. The molecule has 0 bridgehead atoms. The molecule has 3 rings (SSSR count).